The van der Waals surface area contributed by atoms with Gasteiger partial charge in [-0.15, -0.1) is 0 Å². The molecule has 142 valence electrons. The molecule has 0 heterocycles. The Kier molecular flexibility index (Phi) is 9.68. The summed E-state index contributed by atoms with van der Waals surface area (Å²) >= 11 is 0. The van der Waals surface area contributed by atoms with Crippen LogP contribution < -0.4 is 0 Å². The standard InChI is InChI=1S/C22H41FO/c1-18(20-11-5-3-6-12-20)9-4-2-7-14-22(24)16-15-19-10-8-13-21(23)17-19/h18-22,24H,2-17H2,1H3/t18-,19?,21?,22+/m0/s1. The van der Waals surface area contributed by atoms with Gasteiger partial charge in [0.15, 0.2) is 0 Å². The van der Waals surface area contributed by atoms with Gasteiger partial charge in [-0.2, -0.15) is 0 Å². The zero-order chi connectivity index (χ0) is 17.2. The molecule has 2 fully saturated rings. The van der Waals surface area contributed by atoms with Crippen molar-refractivity contribution >= 4 is 0 Å². The van der Waals surface area contributed by atoms with Gasteiger partial charge in [0, 0.05) is 0 Å². The fraction of sp³-hybridized carbons (Fsp3) is 1.00. The molecule has 0 radical (unpaired) electrons. The molecular weight excluding hydrogens is 299 g/mol. The molecule has 0 aromatic heterocycles. The third kappa shape index (κ3) is 7.85. The minimum atomic E-state index is -0.577. The Labute approximate surface area is 149 Å². The normalized spacial score (nSPS) is 28.6. The number of unbranched alkanes of at least 4 members (excludes halogenated alkanes) is 2. The van der Waals surface area contributed by atoms with E-state index in [2.05, 4.69) is 6.92 Å². The van der Waals surface area contributed by atoms with Crippen LogP contribution in [0.15, 0.2) is 0 Å². The summed E-state index contributed by atoms with van der Waals surface area (Å²) in [5.74, 6) is 2.41. The molecule has 2 saturated carbocycles. The molecule has 4 atom stereocenters. The van der Waals surface area contributed by atoms with E-state index in [0.29, 0.717) is 5.92 Å². The van der Waals surface area contributed by atoms with Crippen LogP contribution in [0.2, 0.25) is 0 Å². The topological polar surface area (TPSA) is 20.2 Å². The first-order valence-corrected chi connectivity index (χ1v) is 11.0. The van der Waals surface area contributed by atoms with Crippen LogP contribution >= 0.6 is 0 Å². The maximum absolute atomic E-state index is 13.4. The molecule has 24 heavy (non-hydrogen) atoms. The average molecular weight is 341 g/mol. The minimum absolute atomic E-state index is 0.152. The van der Waals surface area contributed by atoms with E-state index in [0.717, 1.165) is 56.8 Å². The SMILES string of the molecule is C[C@@H](CCCCC[C@@H](O)CCC1CCCC(F)C1)C1CCCCC1. The molecule has 0 aromatic carbocycles. The highest BCUT2D eigenvalue weighted by Crippen LogP contribution is 2.33. The van der Waals surface area contributed by atoms with Gasteiger partial charge in [0.25, 0.3) is 0 Å². The Hall–Kier alpha value is -0.110. The van der Waals surface area contributed by atoms with Crippen molar-refractivity contribution in [2.75, 3.05) is 0 Å². The van der Waals surface area contributed by atoms with Gasteiger partial charge in [-0.3, -0.25) is 0 Å². The first kappa shape index (κ1) is 20.2. The van der Waals surface area contributed by atoms with Crippen LogP contribution in [0.1, 0.15) is 110 Å². The fourth-order valence-corrected chi connectivity index (χ4v) is 5.02. The van der Waals surface area contributed by atoms with Crippen molar-refractivity contribution in [1.29, 1.82) is 0 Å². The maximum atomic E-state index is 13.4. The maximum Gasteiger partial charge on any atom is 0.100 e. The van der Waals surface area contributed by atoms with E-state index in [1.807, 2.05) is 0 Å². The molecule has 0 amide bonds. The average Bonchev–Trinajstić information content (AvgIpc) is 2.60. The van der Waals surface area contributed by atoms with E-state index in [1.165, 1.54) is 57.8 Å². The number of aliphatic hydroxyl groups is 1. The molecule has 1 nitrogen and oxygen atoms in total. The molecule has 2 aliphatic carbocycles. The Morgan fingerprint density at radius 1 is 0.875 bits per heavy atom. The zero-order valence-corrected chi connectivity index (χ0v) is 16.0. The van der Waals surface area contributed by atoms with Crippen LogP contribution in [0.4, 0.5) is 4.39 Å². The summed E-state index contributed by atoms with van der Waals surface area (Å²) in [6, 6.07) is 0. The van der Waals surface area contributed by atoms with Gasteiger partial charge in [0.2, 0.25) is 0 Å². The van der Waals surface area contributed by atoms with Gasteiger partial charge in [-0.05, 0) is 49.9 Å². The largest absolute Gasteiger partial charge is 0.393 e. The number of aliphatic hydroxyl groups excluding tert-OH is 1. The quantitative estimate of drug-likeness (QED) is 0.432. The van der Waals surface area contributed by atoms with E-state index >= 15 is 0 Å². The second kappa shape index (κ2) is 11.5. The van der Waals surface area contributed by atoms with Gasteiger partial charge in [-0.25, -0.2) is 4.39 Å². The third-order valence-corrected chi connectivity index (χ3v) is 6.78. The molecule has 1 N–H and O–H groups in total. The van der Waals surface area contributed by atoms with Gasteiger partial charge in [-0.1, -0.05) is 77.6 Å². The van der Waals surface area contributed by atoms with Crippen LogP contribution in [0.25, 0.3) is 0 Å². The summed E-state index contributed by atoms with van der Waals surface area (Å²) in [6.07, 6.45) is 18.3. The van der Waals surface area contributed by atoms with Crippen molar-refractivity contribution in [2.24, 2.45) is 17.8 Å². The Balaban J connectivity index is 1.44. The number of halogens is 1. The molecule has 0 bridgehead atoms. The van der Waals surface area contributed by atoms with E-state index in [9.17, 15) is 9.50 Å². The molecule has 2 rings (SSSR count). The molecule has 0 aromatic rings. The van der Waals surface area contributed by atoms with Gasteiger partial charge in [0.1, 0.15) is 6.17 Å². The van der Waals surface area contributed by atoms with Crippen molar-refractivity contribution in [3.8, 4) is 0 Å². The number of hydrogen-bond acceptors (Lipinski definition) is 1. The number of alkyl halides is 1. The number of rotatable bonds is 10. The van der Waals surface area contributed by atoms with E-state index in [1.54, 1.807) is 0 Å². The lowest BCUT2D eigenvalue weighted by Gasteiger charge is -2.27. The molecule has 2 heteroatoms. The van der Waals surface area contributed by atoms with Crippen molar-refractivity contribution in [3.05, 3.63) is 0 Å². The van der Waals surface area contributed by atoms with Crippen LogP contribution in [-0.2, 0) is 0 Å². The Morgan fingerprint density at radius 3 is 2.38 bits per heavy atom. The highest BCUT2D eigenvalue weighted by molar-refractivity contribution is 4.74. The van der Waals surface area contributed by atoms with Crippen LogP contribution in [-0.4, -0.2) is 17.4 Å². The Morgan fingerprint density at radius 2 is 1.62 bits per heavy atom. The van der Waals surface area contributed by atoms with Crippen LogP contribution in [0, 0.1) is 17.8 Å². The van der Waals surface area contributed by atoms with Crippen molar-refractivity contribution in [1.82, 2.24) is 0 Å². The third-order valence-electron chi connectivity index (χ3n) is 6.78. The highest BCUT2D eigenvalue weighted by atomic mass is 19.1. The molecule has 0 aliphatic heterocycles. The molecular formula is C22H41FO. The summed E-state index contributed by atoms with van der Waals surface area (Å²) < 4.78 is 13.4. The molecule has 2 aliphatic rings. The van der Waals surface area contributed by atoms with Crippen LogP contribution in [0.5, 0.6) is 0 Å². The van der Waals surface area contributed by atoms with Crippen molar-refractivity contribution < 1.29 is 9.50 Å². The van der Waals surface area contributed by atoms with Gasteiger partial charge in [0.05, 0.1) is 6.10 Å². The van der Waals surface area contributed by atoms with E-state index in [4.69, 9.17) is 0 Å². The summed E-state index contributed by atoms with van der Waals surface area (Å²) in [5.41, 5.74) is 0. The number of hydrogen-bond donors (Lipinski definition) is 1. The smallest absolute Gasteiger partial charge is 0.100 e. The summed E-state index contributed by atoms with van der Waals surface area (Å²) in [4.78, 5) is 0. The minimum Gasteiger partial charge on any atom is -0.393 e. The summed E-state index contributed by atoms with van der Waals surface area (Å²) in [6.45, 7) is 2.45. The van der Waals surface area contributed by atoms with E-state index in [-0.39, 0.29) is 6.10 Å². The zero-order valence-electron chi connectivity index (χ0n) is 16.0. The van der Waals surface area contributed by atoms with Crippen LogP contribution in [0.3, 0.4) is 0 Å². The first-order chi connectivity index (χ1) is 11.6. The van der Waals surface area contributed by atoms with Crippen molar-refractivity contribution in [2.45, 2.75) is 122 Å². The predicted octanol–water partition coefficient (Wildman–Crippen LogP) is 6.82. The predicted molar refractivity (Wildman–Crippen MR) is 101 cm³/mol. The summed E-state index contributed by atoms with van der Waals surface area (Å²) in [5, 5.41) is 10.2. The molecule has 0 saturated heterocycles. The Bertz CT molecular complexity index is 313. The lowest BCUT2D eigenvalue weighted by Crippen LogP contribution is -2.18. The first-order valence-electron chi connectivity index (χ1n) is 11.0. The monoisotopic (exact) mass is 340 g/mol. The van der Waals surface area contributed by atoms with Gasteiger partial charge >= 0.3 is 0 Å². The second-order valence-electron chi connectivity index (χ2n) is 8.87. The van der Waals surface area contributed by atoms with Crippen molar-refractivity contribution in [3.63, 3.8) is 0 Å². The molecule has 0 spiro atoms. The lowest BCUT2D eigenvalue weighted by atomic mass is 9.79. The van der Waals surface area contributed by atoms with E-state index < -0.39 is 6.17 Å². The fourth-order valence-electron chi connectivity index (χ4n) is 5.02. The second-order valence-corrected chi connectivity index (χ2v) is 8.87. The molecule has 2 unspecified atom stereocenters. The van der Waals surface area contributed by atoms with Gasteiger partial charge < -0.3 is 5.11 Å². The summed E-state index contributed by atoms with van der Waals surface area (Å²) in [7, 11) is 0. The lowest BCUT2D eigenvalue weighted by molar-refractivity contribution is 0.125. The highest BCUT2D eigenvalue weighted by Gasteiger charge is 2.22.